The van der Waals surface area contributed by atoms with Crippen molar-refractivity contribution in [3.05, 3.63) is 47.8 Å². The van der Waals surface area contributed by atoms with E-state index in [9.17, 15) is 0 Å². The lowest BCUT2D eigenvalue weighted by Crippen LogP contribution is -2.51. The van der Waals surface area contributed by atoms with Gasteiger partial charge in [-0.05, 0) is 32.3 Å². The number of hydrogen-bond acceptors (Lipinski definition) is 3. The third-order valence-electron chi connectivity index (χ3n) is 5.30. The summed E-state index contributed by atoms with van der Waals surface area (Å²) in [6, 6.07) is 9.11. The van der Waals surface area contributed by atoms with Crippen LogP contribution in [0, 0.1) is 6.92 Å². The Morgan fingerprint density at radius 1 is 1.39 bits per heavy atom. The summed E-state index contributed by atoms with van der Waals surface area (Å²) >= 11 is 0. The van der Waals surface area contributed by atoms with Gasteiger partial charge in [-0.25, -0.2) is 0 Å². The van der Waals surface area contributed by atoms with E-state index in [1.54, 1.807) is 0 Å². The van der Waals surface area contributed by atoms with Gasteiger partial charge in [0.05, 0.1) is 11.9 Å². The molecule has 1 fully saturated rings. The van der Waals surface area contributed by atoms with E-state index < -0.39 is 0 Å². The molecule has 152 valence electrons. The van der Waals surface area contributed by atoms with Crippen LogP contribution < -0.4 is 15.5 Å². The van der Waals surface area contributed by atoms with Crippen LogP contribution in [0.15, 0.2) is 41.7 Å². The molecule has 2 heterocycles. The Bertz CT molecular complexity index is 781. The smallest absolute Gasteiger partial charge is 0.191 e. The molecular formula is C22H34N6. The summed E-state index contributed by atoms with van der Waals surface area (Å²) in [5.74, 6) is 1.31. The Kier molecular flexibility index (Phi) is 6.95. The molecule has 2 atom stereocenters. The molecular weight excluding hydrogens is 348 g/mol. The molecule has 0 bridgehead atoms. The van der Waals surface area contributed by atoms with Crippen molar-refractivity contribution in [1.82, 2.24) is 20.4 Å². The van der Waals surface area contributed by atoms with Gasteiger partial charge in [-0.1, -0.05) is 36.8 Å². The van der Waals surface area contributed by atoms with Crippen LogP contribution in [0.25, 0.3) is 0 Å². The van der Waals surface area contributed by atoms with E-state index in [2.05, 4.69) is 71.9 Å². The van der Waals surface area contributed by atoms with Gasteiger partial charge in [0.2, 0.25) is 0 Å². The Morgan fingerprint density at radius 2 is 2.25 bits per heavy atom. The van der Waals surface area contributed by atoms with Gasteiger partial charge in [0.15, 0.2) is 5.96 Å². The fourth-order valence-corrected chi connectivity index (χ4v) is 3.72. The second-order valence-corrected chi connectivity index (χ2v) is 7.84. The Hall–Kier alpha value is -2.50. The molecule has 2 aromatic rings. The molecule has 0 aliphatic carbocycles. The van der Waals surface area contributed by atoms with Crippen LogP contribution >= 0.6 is 0 Å². The zero-order valence-corrected chi connectivity index (χ0v) is 17.7. The maximum Gasteiger partial charge on any atom is 0.191 e. The van der Waals surface area contributed by atoms with Gasteiger partial charge in [0, 0.05) is 51.4 Å². The van der Waals surface area contributed by atoms with E-state index >= 15 is 0 Å². The summed E-state index contributed by atoms with van der Waals surface area (Å²) in [7, 11) is 1.97. The number of benzene rings is 1. The maximum absolute atomic E-state index is 4.87. The maximum atomic E-state index is 4.87. The first-order chi connectivity index (χ1) is 13.5. The van der Waals surface area contributed by atoms with Crippen LogP contribution in [0.5, 0.6) is 0 Å². The fraction of sp³-hybridized carbons (Fsp3) is 0.545. The van der Waals surface area contributed by atoms with E-state index in [1.807, 2.05) is 17.9 Å². The van der Waals surface area contributed by atoms with Gasteiger partial charge in [0.25, 0.3) is 0 Å². The lowest BCUT2D eigenvalue weighted by Gasteiger charge is -2.34. The van der Waals surface area contributed by atoms with E-state index in [4.69, 9.17) is 4.99 Å². The number of rotatable bonds is 6. The summed E-state index contributed by atoms with van der Waals surface area (Å²) in [5, 5.41) is 11.4. The summed E-state index contributed by atoms with van der Waals surface area (Å²) in [4.78, 5) is 7.28. The van der Waals surface area contributed by atoms with Crippen molar-refractivity contribution >= 4 is 11.6 Å². The van der Waals surface area contributed by atoms with E-state index in [0.717, 1.165) is 38.6 Å². The molecule has 1 aliphatic rings. The van der Waals surface area contributed by atoms with Crippen LogP contribution in [-0.2, 0) is 7.05 Å². The van der Waals surface area contributed by atoms with Crippen molar-refractivity contribution in [3.63, 3.8) is 0 Å². The highest BCUT2D eigenvalue weighted by atomic mass is 15.3. The largest absolute Gasteiger partial charge is 0.367 e. The summed E-state index contributed by atoms with van der Waals surface area (Å²) in [6.07, 6.45) is 6.37. The van der Waals surface area contributed by atoms with Gasteiger partial charge >= 0.3 is 0 Å². The number of aromatic nitrogens is 2. The number of guanidine groups is 1. The van der Waals surface area contributed by atoms with Crippen molar-refractivity contribution in [2.24, 2.45) is 12.0 Å². The Balaban J connectivity index is 1.60. The van der Waals surface area contributed by atoms with Gasteiger partial charge in [-0.2, -0.15) is 5.10 Å². The van der Waals surface area contributed by atoms with Crippen molar-refractivity contribution in [2.45, 2.75) is 45.6 Å². The molecule has 6 heteroatoms. The highest BCUT2D eigenvalue weighted by Crippen LogP contribution is 2.19. The first kappa shape index (κ1) is 20.2. The molecule has 0 amide bonds. The van der Waals surface area contributed by atoms with Crippen molar-refractivity contribution in [3.8, 4) is 0 Å². The molecule has 0 radical (unpaired) electrons. The summed E-state index contributed by atoms with van der Waals surface area (Å²) < 4.78 is 1.87. The molecule has 1 aromatic heterocycles. The minimum Gasteiger partial charge on any atom is -0.367 e. The monoisotopic (exact) mass is 382 g/mol. The number of nitrogens with zero attached hydrogens (tertiary/aromatic N) is 4. The standard InChI is InChI=1S/C22H34N6/c1-5-23-22(24-13-18(3)19-9-6-8-17(2)12-19)26-20-10-7-11-28(15-20)21-14-25-27(4)16-21/h6,8-9,12,14,16,18,20H,5,7,10-11,13,15H2,1-4H3,(H2,23,24,26). The normalized spacial score (nSPS) is 18.8. The minimum atomic E-state index is 0.390. The van der Waals surface area contributed by atoms with Crippen LogP contribution in [0.2, 0.25) is 0 Å². The number of hydrogen-bond donors (Lipinski definition) is 2. The highest BCUT2D eigenvalue weighted by molar-refractivity contribution is 5.80. The van der Waals surface area contributed by atoms with Crippen molar-refractivity contribution in [2.75, 3.05) is 31.1 Å². The lowest BCUT2D eigenvalue weighted by molar-refractivity contribution is 0.468. The molecule has 3 rings (SSSR count). The van der Waals surface area contributed by atoms with Crippen LogP contribution in [-0.4, -0.2) is 48.0 Å². The average Bonchev–Trinajstić information content (AvgIpc) is 3.13. The quantitative estimate of drug-likeness (QED) is 0.596. The lowest BCUT2D eigenvalue weighted by atomic mass is 10.00. The third-order valence-corrected chi connectivity index (χ3v) is 5.30. The zero-order chi connectivity index (χ0) is 19.9. The number of aryl methyl sites for hydroxylation is 2. The van der Waals surface area contributed by atoms with Crippen LogP contribution in [0.1, 0.15) is 43.7 Å². The fourth-order valence-electron chi connectivity index (χ4n) is 3.72. The average molecular weight is 383 g/mol. The van der Waals surface area contributed by atoms with Crippen LogP contribution in [0.3, 0.4) is 0 Å². The molecule has 6 nitrogen and oxygen atoms in total. The van der Waals surface area contributed by atoms with Gasteiger partial charge < -0.3 is 15.5 Å². The molecule has 1 saturated heterocycles. The van der Waals surface area contributed by atoms with Crippen LogP contribution in [0.4, 0.5) is 5.69 Å². The molecule has 2 N–H and O–H groups in total. The summed E-state index contributed by atoms with van der Waals surface area (Å²) in [6.45, 7) is 10.2. The molecule has 1 aliphatic heterocycles. The van der Waals surface area contributed by atoms with Gasteiger partial charge in [-0.15, -0.1) is 0 Å². The SMILES string of the molecule is CCNC(=NCC(C)c1cccc(C)c1)NC1CCCN(c2cnn(C)c2)C1. The summed E-state index contributed by atoms with van der Waals surface area (Å²) in [5.41, 5.74) is 3.85. The predicted molar refractivity (Wildman–Crippen MR) is 117 cm³/mol. The second kappa shape index (κ2) is 9.62. The van der Waals surface area contributed by atoms with E-state index in [-0.39, 0.29) is 0 Å². The Labute approximate surface area is 169 Å². The van der Waals surface area contributed by atoms with E-state index in [0.29, 0.717) is 12.0 Å². The molecule has 0 spiro atoms. The van der Waals surface area contributed by atoms with Crippen molar-refractivity contribution in [1.29, 1.82) is 0 Å². The van der Waals surface area contributed by atoms with Crippen molar-refractivity contribution < 1.29 is 0 Å². The number of piperidine rings is 1. The first-order valence-corrected chi connectivity index (χ1v) is 10.4. The minimum absolute atomic E-state index is 0.390. The Morgan fingerprint density at radius 3 is 2.96 bits per heavy atom. The van der Waals surface area contributed by atoms with Gasteiger partial charge in [0.1, 0.15) is 0 Å². The third kappa shape index (κ3) is 5.50. The molecule has 2 unspecified atom stereocenters. The second-order valence-electron chi connectivity index (χ2n) is 7.84. The predicted octanol–water partition coefficient (Wildman–Crippen LogP) is 3.06. The molecule has 28 heavy (non-hydrogen) atoms. The zero-order valence-electron chi connectivity index (χ0n) is 17.7. The van der Waals surface area contributed by atoms with Gasteiger partial charge in [-0.3, -0.25) is 9.67 Å². The topological polar surface area (TPSA) is 57.5 Å². The number of aliphatic imine (C=N–C) groups is 1. The molecule has 1 aromatic carbocycles. The number of nitrogens with one attached hydrogen (secondary N) is 2. The number of anilines is 1. The van der Waals surface area contributed by atoms with E-state index in [1.165, 1.54) is 23.2 Å². The highest BCUT2D eigenvalue weighted by Gasteiger charge is 2.21. The molecule has 0 saturated carbocycles. The first-order valence-electron chi connectivity index (χ1n) is 10.4.